The predicted molar refractivity (Wildman–Crippen MR) is 121 cm³/mol. The van der Waals surface area contributed by atoms with E-state index >= 15 is 0 Å². The van der Waals surface area contributed by atoms with Crippen LogP contribution in [0.25, 0.3) is 21.6 Å². The summed E-state index contributed by atoms with van der Waals surface area (Å²) in [6.45, 7) is 4.84. The van der Waals surface area contributed by atoms with Gasteiger partial charge in [0, 0.05) is 48.9 Å². The number of thiophene rings is 1. The van der Waals surface area contributed by atoms with Crippen LogP contribution in [0.4, 0.5) is 5.82 Å². The molecule has 1 fully saturated rings. The number of nitrogens with one attached hydrogen (secondary N) is 1. The van der Waals surface area contributed by atoms with Crippen LogP contribution in [0.3, 0.4) is 0 Å². The largest absolute Gasteiger partial charge is 0.369 e. The van der Waals surface area contributed by atoms with Crippen molar-refractivity contribution >= 4 is 33.3 Å². The molecule has 7 heteroatoms. The molecule has 0 bridgehead atoms. The Morgan fingerprint density at radius 1 is 1.30 bits per heavy atom. The van der Waals surface area contributed by atoms with E-state index < -0.39 is 0 Å². The lowest BCUT2D eigenvalue weighted by molar-refractivity contribution is -0.127. The predicted octanol–water partition coefficient (Wildman–Crippen LogP) is 4.30. The SMILES string of the molecule is C[C@@H]1CCc2c(sc3nc(-c4cccnc4)nc(NCCCN4CCCC4=O)c23)C1. The molecule has 1 atom stereocenters. The van der Waals surface area contributed by atoms with Crippen LogP contribution in [-0.4, -0.2) is 45.4 Å². The Kier molecular flexibility index (Phi) is 5.37. The Hall–Kier alpha value is -2.54. The molecule has 3 aromatic rings. The van der Waals surface area contributed by atoms with Gasteiger partial charge in [-0.05, 0) is 55.7 Å². The maximum atomic E-state index is 11.8. The van der Waals surface area contributed by atoms with Gasteiger partial charge in [-0.2, -0.15) is 0 Å². The summed E-state index contributed by atoms with van der Waals surface area (Å²) in [5.74, 6) is 2.67. The molecule has 0 aromatic carbocycles. The van der Waals surface area contributed by atoms with E-state index in [0.717, 1.165) is 73.3 Å². The summed E-state index contributed by atoms with van der Waals surface area (Å²) in [5, 5.41) is 4.78. The third-order valence-corrected chi connectivity index (χ3v) is 7.29. The number of amides is 1. The summed E-state index contributed by atoms with van der Waals surface area (Å²) in [6, 6.07) is 3.93. The lowest BCUT2D eigenvalue weighted by Gasteiger charge is -2.19. The van der Waals surface area contributed by atoms with Crippen molar-refractivity contribution in [3.8, 4) is 11.4 Å². The summed E-state index contributed by atoms with van der Waals surface area (Å²) in [6.07, 6.45) is 9.66. The number of carbonyl (C=O) groups excluding carboxylic acids is 1. The molecule has 1 amide bonds. The van der Waals surface area contributed by atoms with Gasteiger partial charge in [-0.25, -0.2) is 9.97 Å². The molecule has 156 valence electrons. The van der Waals surface area contributed by atoms with Crippen LogP contribution in [0.15, 0.2) is 24.5 Å². The minimum absolute atomic E-state index is 0.291. The number of aromatic nitrogens is 3. The minimum atomic E-state index is 0.291. The van der Waals surface area contributed by atoms with E-state index in [9.17, 15) is 4.79 Å². The van der Waals surface area contributed by atoms with Gasteiger partial charge in [-0.1, -0.05) is 6.92 Å². The highest BCUT2D eigenvalue weighted by Crippen LogP contribution is 2.40. The number of hydrogen-bond acceptors (Lipinski definition) is 6. The Labute approximate surface area is 180 Å². The Morgan fingerprint density at radius 2 is 2.23 bits per heavy atom. The molecule has 0 unspecified atom stereocenters. The zero-order valence-corrected chi connectivity index (χ0v) is 18.2. The van der Waals surface area contributed by atoms with Gasteiger partial charge in [0.15, 0.2) is 5.82 Å². The monoisotopic (exact) mass is 421 g/mol. The highest BCUT2D eigenvalue weighted by atomic mass is 32.1. The van der Waals surface area contributed by atoms with E-state index in [2.05, 4.69) is 17.2 Å². The van der Waals surface area contributed by atoms with Crippen LogP contribution in [-0.2, 0) is 17.6 Å². The molecule has 4 heterocycles. The first-order valence-corrected chi connectivity index (χ1v) is 11.7. The van der Waals surface area contributed by atoms with E-state index in [-0.39, 0.29) is 0 Å². The first-order chi connectivity index (χ1) is 14.7. The molecule has 3 aromatic heterocycles. The molecule has 0 spiro atoms. The van der Waals surface area contributed by atoms with Gasteiger partial charge in [0.05, 0.1) is 5.39 Å². The third-order valence-electron chi connectivity index (χ3n) is 6.14. The van der Waals surface area contributed by atoms with Crippen LogP contribution >= 0.6 is 11.3 Å². The third kappa shape index (κ3) is 3.78. The van der Waals surface area contributed by atoms with Gasteiger partial charge in [0.1, 0.15) is 10.6 Å². The minimum Gasteiger partial charge on any atom is -0.369 e. The second-order valence-electron chi connectivity index (χ2n) is 8.43. The van der Waals surface area contributed by atoms with Crippen LogP contribution in [0.1, 0.15) is 43.0 Å². The van der Waals surface area contributed by atoms with Crippen LogP contribution in [0.2, 0.25) is 0 Å². The van der Waals surface area contributed by atoms with E-state index in [1.165, 1.54) is 22.2 Å². The fourth-order valence-electron chi connectivity index (χ4n) is 4.51. The van der Waals surface area contributed by atoms with E-state index in [0.29, 0.717) is 12.3 Å². The number of fused-ring (bicyclic) bond motifs is 3. The molecule has 5 rings (SSSR count). The van der Waals surface area contributed by atoms with Crippen LogP contribution in [0, 0.1) is 5.92 Å². The molecule has 30 heavy (non-hydrogen) atoms. The highest BCUT2D eigenvalue weighted by Gasteiger charge is 2.24. The second kappa shape index (κ2) is 8.30. The summed E-state index contributed by atoms with van der Waals surface area (Å²) in [5.41, 5.74) is 2.37. The summed E-state index contributed by atoms with van der Waals surface area (Å²) < 4.78 is 0. The number of carbonyl (C=O) groups is 1. The molecule has 0 saturated carbocycles. The van der Waals surface area contributed by atoms with Crippen molar-refractivity contribution in [3.63, 3.8) is 0 Å². The first kappa shape index (κ1) is 19.4. The van der Waals surface area contributed by atoms with E-state index in [4.69, 9.17) is 9.97 Å². The molecule has 0 radical (unpaired) electrons. The number of nitrogens with zero attached hydrogens (tertiary/aromatic N) is 4. The van der Waals surface area contributed by atoms with Crippen molar-refractivity contribution in [2.24, 2.45) is 5.92 Å². The molecular formula is C23H27N5OS. The quantitative estimate of drug-likeness (QED) is 0.601. The highest BCUT2D eigenvalue weighted by molar-refractivity contribution is 7.19. The standard InChI is InChI=1S/C23H27N5OS/c1-15-7-8-17-18(13-15)30-23-20(17)22(25-10-4-12-28-11-3-6-19(28)29)26-21(27-23)16-5-2-9-24-14-16/h2,5,9,14-15H,3-4,6-8,10-13H2,1H3,(H,25,26,27)/t15-/m1/s1. The Morgan fingerprint density at radius 3 is 3.03 bits per heavy atom. The van der Waals surface area contributed by atoms with Crippen LogP contribution in [0.5, 0.6) is 0 Å². The fourth-order valence-corrected chi connectivity index (χ4v) is 5.89. The van der Waals surface area contributed by atoms with E-state index in [1.54, 1.807) is 6.20 Å². The normalized spacial score (nSPS) is 18.8. The van der Waals surface area contributed by atoms with Crippen molar-refractivity contribution in [2.45, 2.75) is 45.4 Å². The maximum absolute atomic E-state index is 11.8. The Balaban J connectivity index is 1.44. The maximum Gasteiger partial charge on any atom is 0.222 e. The number of hydrogen-bond donors (Lipinski definition) is 1. The second-order valence-corrected chi connectivity index (χ2v) is 9.52. The van der Waals surface area contributed by atoms with Crippen molar-refractivity contribution < 1.29 is 4.79 Å². The number of aryl methyl sites for hydroxylation is 1. The van der Waals surface area contributed by atoms with Gasteiger partial charge in [-0.3, -0.25) is 9.78 Å². The molecule has 2 aliphatic rings. The molecular weight excluding hydrogens is 394 g/mol. The van der Waals surface area contributed by atoms with Crippen molar-refractivity contribution in [2.75, 3.05) is 25.0 Å². The number of pyridine rings is 1. The van der Waals surface area contributed by atoms with Gasteiger partial charge in [0.2, 0.25) is 5.91 Å². The summed E-state index contributed by atoms with van der Waals surface area (Å²) >= 11 is 1.82. The lowest BCUT2D eigenvalue weighted by atomic mass is 9.89. The smallest absolute Gasteiger partial charge is 0.222 e. The molecule has 1 aliphatic carbocycles. The Bertz CT molecular complexity index is 1060. The summed E-state index contributed by atoms with van der Waals surface area (Å²) in [4.78, 5) is 30.4. The zero-order chi connectivity index (χ0) is 20.5. The first-order valence-electron chi connectivity index (χ1n) is 10.9. The van der Waals surface area contributed by atoms with Gasteiger partial charge in [-0.15, -0.1) is 11.3 Å². The van der Waals surface area contributed by atoms with Gasteiger partial charge in [0.25, 0.3) is 0 Å². The van der Waals surface area contributed by atoms with Crippen molar-refractivity contribution in [1.82, 2.24) is 19.9 Å². The molecule has 1 aliphatic heterocycles. The van der Waals surface area contributed by atoms with E-state index in [1.807, 2.05) is 34.6 Å². The topological polar surface area (TPSA) is 71.0 Å². The summed E-state index contributed by atoms with van der Waals surface area (Å²) in [7, 11) is 0. The average molecular weight is 422 g/mol. The molecule has 1 saturated heterocycles. The average Bonchev–Trinajstić information content (AvgIpc) is 3.33. The van der Waals surface area contributed by atoms with Crippen LogP contribution < -0.4 is 5.32 Å². The van der Waals surface area contributed by atoms with Gasteiger partial charge >= 0.3 is 0 Å². The number of likely N-dealkylation sites (tertiary alicyclic amines) is 1. The molecule has 6 nitrogen and oxygen atoms in total. The number of anilines is 1. The number of rotatable bonds is 6. The van der Waals surface area contributed by atoms with Crippen molar-refractivity contribution in [3.05, 3.63) is 35.0 Å². The lowest BCUT2D eigenvalue weighted by Crippen LogP contribution is -2.27. The molecule has 1 N–H and O–H groups in total. The van der Waals surface area contributed by atoms with Crippen molar-refractivity contribution in [1.29, 1.82) is 0 Å². The fraction of sp³-hybridized carbons (Fsp3) is 0.478. The zero-order valence-electron chi connectivity index (χ0n) is 17.4. The van der Waals surface area contributed by atoms with Gasteiger partial charge < -0.3 is 10.2 Å².